The molecular weight excluding hydrogens is 434 g/mol. The number of amides is 2. The Morgan fingerprint density at radius 2 is 1.69 bits per heavy atom. The maximum atomic E-state index is 13.5. The van der Waals surface area contributed by atoms with Gasteiger partial charge in [-0.3, -0.25) is 14.6 Å². The molecule has 8 heteroatoms. The molecule has 2 amide bonds. The molecule has 2 aromatic carbocycles. The molecule has 0 saturated carbocycles. The maximum Gasteiger partial charge on any atom is 0.242 e. The monoisotopic (exact) mass is 445 g/mol. The predicted molar refractivity (Wildman–Crippen MR) is 106 cm³/mol. The van der Waals surface area contributed by atoms with Crippen LogP contribution in [-0.4, -0.2) is 28.6 Å². The van der Waals surface area contributed by atoms with Gasteiger partial charge in [0.2, 0.25) is 17.4 Å². The summed E-state index contributed by atoms with van der Waals surface area (Å²) in [4.78, 5) is 27.9. The second-order valence-electron chi connectivity index (χ2n) is 7.14. The zero-order valence-electron chi connectivity index (χ0n) is 14.9. The highest BCUT2D eigenvalue weighted by atomic mass is 79.9. The highest BCUT2D eigenvalue weighted by Crippen LogP contribution is 2.56. The number of halogens is 1. The third-order valence-electron chi connectivity index (χ3n) is 5.83. The first kappa shape index (κ1) is 17.6. The lowest BCUT2D eigenvalue weighted by molar-refractivity contribution is -0.124. The van der Waals surface area contributed by atoms with Crippen LogP contribution in [0.4, 0.5) is 5.69 Å². The zero-order valence-corrected chi connectivity index (χ0v) is 16.4. The van der Waals surface area contributed by atoms with Crippen molar-refractivity contribution in [3.63, 3.8) is 0 Å². The molecule has 2 aromatic rings. The molecule has 2 saturated heterocycles. The van der Waals surface area contributed by atoms with Crippen LogP contribution in [0.2, 0.25) is 0 Å². The Balaban J connectivity index is 1.71. The van der Waals surface area contributed by atoms with Crippen LogP contribution >= 0.6 is 15.9 Å². The molecule has 0 radical (unpaired) electrons. The van der Waals surface area contributed by atoms with Crippen LogP contribution < -0.4 is 4.90 Å². The molecule has 7 nitrogen and oxygen atoms in total. The lowest BCUT2D eigenvalue weighted by atomic mass is 9.80. The number of nitrogens with zero attached hydrogens (tertiary/aromatic N) is 5. The van der Waals surface area contributed by atoms with E-state index in [9.17, 15) is 20.1 Å². The Bertz CT molecular complexity index is 1160. The van der Waals surface area contributed by atoms with Crippen LogP contribution in [0.15, 0.2) is 58.1 Å². The number of hydrogen-bond donors (Lipinski definition) is 0. The summed E-state index contributed by atoms with van der Waals surface area (Å²) in [6, 6.07) is 17.5. The number of hydrogen-bond acceptors (Lipinski definition) is 6. The van der Waals surface area contributed by atoms with Crippen molar-refractivity contribution in [1.82, 2.24) is 5.01 Å². The van der Waals surface area contributed by atoms with Crippen LogP contribution in [0.3, 0.4) is 0 Å². The van der Waals surface area contributed by atoms with E-state index >= 15 is 0 Å². The first-order valence-electron chi connectivity index (χ1n) is 8.91. The Kier molecular flexibility index (Phi) is 3.64. The van der Waals surface area contributed by atoms with E-state index < -0.39 is 35.2 Å². The summed E-state index contributed by atoms with van der Waals surface area (Å²) >= 11 is 3.34. The molecule has 3 aliphatic heterocycles. The smallest absolute Gasteiger partial charge is 0.242 e. The summed E-state index contributed by atoms with van der Waals surface area (Å²) in [6.45, 7) is 0. The number of imide groups is 1. The van der Waals surface area contributed by atoms with Gasteiger partial charge in [-0.05, 0) is 35.4 Å². The lowest BCUT2D eigenvalue weighted by Gasteiger charge is -2.35. The first-order valence-corrected chi connectivity index (χ1v) is 9.71. The molecule has 29 heavy (non-hydrogen) atoms. The fraction of sp³-hybridized carbons (Fsp3) is 0.190. The topological polar surface area (TPSA) is 101 Å². The maximum absolute atomic E-state index is 13.5. The van der Waals surface area contributed by atoms with E-state index in [-0.39, 0.29) is 0 Å². The molecule has 5 rings (SSSR count). The number of hydrazone groups is 1. The number of carbonyl (C=O) groups is 2. The summed E-state index contributed by atoms with van der Waals surface area (Å²) in [7, 11) is 0. The van der Waals surface area contributed by atoms with Gasteiger partial charge in [0, 0.05) is 4.47 Å². The van der Waals surface area contributed by atoms with E-state index in [1.54, 1.807) is 30.5 Å². The molecule has 0 N–H and O–H groups in total. The molecule has 0 aliphatic carbocycles. The minimum Gasteiger partial charge on any atom is -0.274 e. The van der Waals surface area contributed by atoms with Crippen LogP contribution in [0.25, 0.3) is 0 Å². The molecule has 0 spiro atoms. The Morgan fingerprint density at radius 3 is 2.38 bits per heavy atom. The van der Waals surface area contributed by atoms with Crippen LogP contribution in [0.5, 0.6) is 0 Å². The van der Waals surface area contributed by atoms with Crippen LogP contribution in [0, 0.1) is 34.5 Å². The SMILES string of the molecule is N#CC1(C#N)[C@@H]2C(=O)N(c3ccc(Br)cc3)C(=O)[C@@H]2[C@@H]2c3ccccc3C=NN21. The van der Waals surface area contributed by atoms with E-state index in [2.05, 4.69) is 21.0 Å². The third kappa shape index (κ3) is 2.12. The average Bonchev–Trinajstić information content (AvgIpc) is 3.19. The summed E-state index contributed by atoms with van der Waals surface area (Å²) in [5.74, 6) is -2.96. The van der Waals surface area contributed by atoms with Gasteiger partial charge in [0.05, 0.1) is 23.9 Å². The molecular formula is C21H12BrN5O2. The molecule has 3 aliphatic rings. The summed E-state index contributed by atoms with van der Waals surface area (Å²) < 4.78 is 0.811. The van der Waals surface area contributed by atoms with Crippen LogP contribution in [-0.2, 0) is 9.59 Å². The van der Waals surface area contributed by atoms with Gasteiger partial charge in [0.25, 0.3) is 0 Å². The summed E-state index contributed by atoms with van der Waals surface area (Å²) in [5, 5.41) is 25.6. The largest absolute Gasteiger partial charge is 0.274 e. The van der Waals surface area contributed by atoms with Gasteiger partial charge >= 0.3 is 0 Å². The molecule has 0 aromatic heterocycles. The zero-order chi connectivity index (χ0) is 20.3. The van der Waals surface area contributed by atoms with Gasteiger partial charge in [-0.25, -0.2) is 4.90 Å². The lowest BCUT2D eigenvalue weighted by Crippen LogP contribution is -2.49. The van der Waals surface area contributed by atoms with Gasteiger partial charge in [0.1, 0.15) is 18.1 Å². The van der Waals surface area contributed by atoms with Crippen molar-refractivity contribution in [1.29, 1.82) is 10.5 Å². The fourth-order valence-corrected chi connectivity index (χ4v) is 4.85. The van der Waals surface area contributed by atoms with E-state index in [1.165, 1.54) is 5.01 Å². The van der Waals surface area contributed by atoms with E-state index in [0.717, 1.165) is 20.5 Å². The Morgan fingerprint density at radius 1 is 1.00 bits per heavy atom. The third-order valence-corrected chi connectivity index (χ3v) is 6.36. The van der Waals surface area contributed by atoms with Gasteiger partial charge in [0.15, 0.2) is 0 Å². The first-order chi connectivity index (χ1) is 14.0. The number of nitriles is 2. The van der Waals surface area contributed by atoms with Crippen molar-refractivity contribution in [3.05, 3.63) is 64.1 Å². The number of benzene rings is 2. The normalized spacial score (nSPS) is 25.8. The van der Waals surface area contributed by atoms with E-state index in [1.807, 2.05) is 36.4 Å². The van der Waals surface area contributed by atoms with Crippen molar-refractivity contribution in [3.8, 4) is 12.1 Å². The molecule has 3 heterocycles. The van der Waals surface area contributed by atoms with Crippen molar-refractivity contribution in [2.45, 2.75) is 11.6 Å². The average molecular weight is 446 g/mol. The number of rotatable bonds is 1. The predicted octanol–water partition coefficient (Wildman–Crippen LogP) is 2.75. The van der Waals surface area contributed by atoms with Gasteiger partial charge in [-0.2, -0.15) is 15.6 Å². The molecule has 140 valence electrons. The number of fused-ring (bicyclic) bond motifs is 5. The minimum atomic E-state index is -1.85. The fourth-order valence-electron chi connectivity index (χ4n) is 4.58. The summed E-state index contributed by atoms with van der Waals surface area (Å²) in [6.07, 6.45) is 1.57. The Hall–Kier alpha value is -3.49. The van der Waals surface area contributed by atoms with E-state index in [4.69, 9.17) is 0 Å². The van der Waals surface area contributed by atoms with Crippen molar-refractivity contribution in [2.75, 3.05) is 4.90 Å². The highest BCUT2D eigenvalue weighted by Gasteiger charge is 2.71. The van der Waals surface area contributed by atoms with Crippen molar-refractivity contribution >= 4 is 39.6 Å². The van der Waals surface area contributed by atoms with Gasteiger partial charge in [-0.1, -0.05) is 40.2 Å². The molecule has 0 unspecified atom stereocenters. The molecule has 0 bridgehead atoms. The van der Waals surface area contributed by atoms with E-state index in [0.29, 0.717) is 5.69 Å². The van der Waals surface area contributed by atoms with Gasteiger partial charge in [-0.15, -0.1) is 0 Å². The second kappa shape index (κ2) is 6.00. The summed E-state index contributed by atoms with van der Waals surface area (Å²) in [5.41, 5.74) is 0.155. The standard InChI is InChI=1S/C21H12BrN5O2/c22-13-5-7-14(8-6-13)26-19(28)16-17(20(26)29)21(10-23,11-24)27-18(16)15-4-2-1-3-12(15)9-25-27/h1-9,16-18H/t16-,17-,18-/m0/s1. The minimum absolute atomic E-state index is 0.418. The molecule has 2 fully saturated rings. The second-order valence-corrected chi connectivity index (χ2v) is 8.06. The van der Waals surface area contributed by atoms with Crippen molar-refractivity contribution < 1.29 is 9.59 Å². The quantitative estimate of drug-likeness (QED) is 0.628. The van der Waals surface area contributed by atoms with Gasteiger partial charge < -0.3 is 0 Å². The van der Waals surface area contributed by atoms with Crippen LogP contribution in [0.1, 0.15) is 17.2 Å². The highest BCUT2D eigenvalue weighted by molar-refractivity contribution is 9.10. The Labute approximate surface area is 174 Å². The number of carbonyl (C=O) groups excluding carboxylic acids is 2. The van der Waals surface area contributed by atoms with Crippen molar-refractivity contribution in [2.24, 2.45) is 16.9 Å². The molecule has 3 atom stereocenters. The number of anilines is 1.